The molecular formula is C19H20F3N3O3S. The van der Waals surface area contributed by atoms with Gasteiger partial charge >= 0.3 is 0 Å². The van der Waals surface area contributed by atoms with Gasteiger partial charge in [-0.05, 0) is 36.4 Å². The molecule has 1 amide bonds. The molecule has 0 N–H and O–H groups in total. The summed E-state index contributed by atoms with van der Waals surface area (Å²) in [5.41, 5.74) is 0.356. The molecule has 0 saturated carbocycles. The number of benzene rings is 2. The minimum atomic E-state index is -3.76. The van der Waals surface area contributed by atoms with Crippen LogP contribution >= 0.6 is 0 Å². The van der Waals surface area contributed by atoms with Crippen molar-refractivity contribution < 1.29 is 26.4 Å². The number of nitrogens with zero attached hydrogens (tertiary/aromatic N) is 3. The molecule has 29 heavy (non-hydrogen) atoms. The van der Waals surface area contributed by atoms with Crippen molar-refractivity contribution in [1.82, 2.24) is 9.21 Å². The van der Waals surface area contributed by atoms with Gasteiger partial charge in [0.15, 0.2) is 11.6 Å². The molecule has 10 heteroatoms. The van der Waals surface area contributed by atoms with E-state index in [4.69, 9.17) is 0 Å². The Morgan fingerprint density at radius 2 is 1.59 bits per heavy atom. The zero-order valence-corrected chi connectivity index (χ0v) is 16.5. The molecule has 2 aromatic carbocycles. The summed E-state index contributed by atoms with van der Waals surface area (Å²) in [6.45, 7) is 0.562. The van der Waals surface area contributed by atoms with E-state index in [2.05, 4.69) is 0 Å². The predicted molar refractivity (Wildman–Crippen MR) is 101 cm³/mol. The van der Waals surface area contributed by atoms with Gasteiger partial charge in [0, 0.05) is 45.0 Å². The van der Waals surface area contributed by atoms with E-state index in [0.29, 0.717) is 5.69 Å². The smallest absolute Gasteiger partial charge is 0.243 e. The summed E-state index contributed by atoms with van der Waals surface area (Å²) < 4.78 is 65.9. The average molecular weight is 427 g/mol. The van der Waals surface area contributed by atoms with E-state index in [1.54, 1.807) is 7.05 Å². The van der Waals surface area contributed by atoms with Crippen LogP contribution in [0.4, 0.5) is 18.9 Å². The molecule has 156 valence electrons. The lowest BCUT2D eigenvalue weighted by Crippen LogP contribution is -2.52. The molecule has 1 heterocycles. The first-order chi connectivity index (χ1) is 13.7. The monoisotopic (exact) mass is 427 g/mol. The Labute approximate surface area is 167 Å². The first kappa shape index (κ1) is 21.1. The van der Waals surface area contributed by atoms with Gasteiger partial charge < -0.3 is 9.80 Å². The highest BCUT2D eigenvalue weighted by molar-refractivity contribution is 7.89. The number of halogens is 3. The third-order valence-corrected chi connectivity index (χ3v) is 6.67. The number of sulfonamides is 1. The number of carbonyl (C=O) groups excluding carboxylic acids is 1. The van der Waals surface area contributed by atoms with Gasteiger partial charge in [-0.1, -0.05) is 0 Å². The van der Waals surface area contributed by atoms with E-state index >= 15 is 0 Å². The Kier molecular flexibility index (Phi) is 6.13. The maximum atomic E-state index is 13.4. The van der Waals surface area contributed by atoms with Gasteiger partial charge in [0.05, 0.1) is 11.4 Å². The normalized spacial score (nSPS) is 15.4. The van der Waals surface area contributed by atoms with Crippen molar-refractivity contribution in [1.29, 1.82) is 0 Å². The van der Waals surface area contributed by atoms with Crippen LogP contribution in [0, 0.1) is 17.5 Å². The van der Waals surface area contributed by atoms with Gasteiger partial charge in [0.1, 0.15) is 5.82 Å². The molecule has 0 unspecified atom stereocenters. The number of piperazine rings is 1. The average Bonchev–Trinajstić information content (AvgIpc) is 2.70. The number of rotatable bonds is 5. The van der Waals surface area contributed by atoms with Gasteiger partial charge in [-0.25, -0.2) is 21.6 Å². The fourth-order valence-electron chi connectivity index (χ4n) is 3.05. The summed E-state index contributed by atoms with van der Waals surface area (Å²) in [7, 11) is -2.18. The van der Waals surface area contributed by atoms with Gasteiger partial charge in [-0.3, -0.25) is 4.79 Å². The number of hydrogen-bond donors (Lipinski definition) is 0. The second-order valence-electron chi connectivity index (χ2n) is 6.69. The Balaban J connectivity index is 1.59. The molecule has 2 aromatic rings. The standard InChI is InChI=1S/C19H20F3N3O3S/c1-23(15-4-7-17(21)18(22)12-15)13-19(26)24-8-10-25(11-9-24)29(27,28)16-5-2-14(20)3-6-16/h2-7,12H,8-11,13H2,1H3. The van der Waals surface area contributed by atoms with Crippen LogP contribution in [0.1, 0.15) is 0 Å². The largest absolute Gasteiger partial charge is 0.365 e. The molecule has 0 radical (unpaired) electrons. The Hall–Kier alpha value is -2.59. The van der Waals surface area contributed by atoms with Crippen molar-refractivity contribution in [3.8, 4) is 0 Å². The van der Waals surface area contributed by atoms with E-state index in [-0.39, 0.29) is 43.5 Å². The topological polar surface area (TPSA) is 60.9 Å². The third kappa shape index (κ3) is 4.70. The molecule has 1 saturated heterocycles. The molecule has 1 aliphatic heterocycles. The van der Waals surface area contributed by atoms with E-state index < -0.39 is 27.5 Å². The van der Waals surface area contributed by atoms with Crippen LogP contribution in [0.5, 0.6) is 0 Å². The van der Waals surface area contributed by atoms with Crippen LogP contribution in [0.3, 0.4) is 0 Å². The number of amides is 1. The summed E-state index contributed by atoms with van der Waals surface area (Å²) in [6.07, 6.45) is 0. The van der Waals surface area contributed by atoms with Gasteiger partial charge in [-0.15, -0.1) is 0 Å². The van der Waals surface area contributed by atoms with E-state index in [0.717, 1.165) is 24.3 Å². The molecule has 1 aliphatic rings. The van der Waals surface area contributed by atoms with E-state index in [1.807, 2.05) is 0 Å². The van der Waals surface area contributed by atoms with Crippen LogP contribution in [-0.4, -0.2) is 63.3 Å². The van der Waals surface area contributed by atoms with Crippen molar-refractivity contribution in [3.05, 3.63) is 59.9 Å². The maximum Gasteiger partial charge on any atom is 0.243 e. The van der Waals surface area contributed by atoms with Gasteiger partial charge in [0.2, 0.25) is 15.9 Å². The second kappa shape index (κ2) is 8.42. The lowest BCUT2D eigenvalue weighted by Gasteiger charge is -2.35. The molecule has 6 nitrogen and oxygen atoms in total. The van der Waals surface area contributed by atoms with Crippen LogP contribution in [0.25, 0.3) is 0 Å². The van der Waals surface area contributed by atoms with Crippen molar-refractivity contribution in [2.75, 3.05) is 44.7 Å². The van der Waals surface area contributed by atoms with Gasteiger partial charge in [0.25, 0.3) is 0 Å². The lowest BCUT2D eigenvalue weighted by atomic mass is 10.2. The van der Waals surface area contributed by atoms with Crippen molar-refractivity contribution in [3.63, 3.8) is 0 Å². The van der Waals surface area contributed by atoms with E-state index in [9.17, 15) is 26.4 Å². The molecule has 0 aliphatic carbocycles. The molecule has 3 rings (SSSR count). The van der Waals surface area contributed by atoms with E-state index in [1.165, 1.54) is 32.3 Å². The second-order valence-corrected chi connectivity index (χ2v) is 8.63. The third-order valence-electron chi connectivity index (χ3n) is 4.76. The summed E-state index contributed by atoms with van der Waals surface area (Å²) in [5, 5.41) is 0. The first-order valence-electron chi connectivity index (χ1n) is 8.88. The van der Waals surface area contributed by atoms with Crippen LogP contribution in [0.2, 0.25) is 0 Å². The summed E-state index contributed by atoms with van der Waals surface area (Å²) in [5.74, 6) is -2.74. The minimum Gasteiger partial charge on any atom is -0.365 e. The molecule has 0 bridgehead atoms. The number of anilines is 1. The maximum absolute atomic E-state index is 13.4. The van der Waals surface area contributed by atoms with Crippen molar-refractivity contribution in [2.24, 2.45) is 0 Å². The zero-order valence-electron chi connectivity index (χ0n) is 15.7. The van der Waals surface area contributed by atoms with Gasteiger partial charge in [-0.2, -0.15) is 4.31 Å². The minimum absolute atomic E-state index is 0.00301. The summed E-state index contributed by atoms with van der Waals surface area (Å²) >= 11 is 0. The highest BCUT2D eigenvalue weighted by Gasteiger charge is 2.30. The zero-order chi connectivity index (χ0) is 21.2. The molecule has 0 atom stereocenters. The highest BCUT2D eigenvalue weighted by atomic mass is 32.2. The Bertz CT molecular complexity index is 992. The predicted octanol–water partition coefficient (Wildman–Crippen LogP) is 2.07. The number of likely N-dealkylation sites (N-methyl/N-ethyl adjacent to an activating group) is 1. The van der Waals surface area contributed by atoms with Crippen molar-refractivity contribution in [2.45, 2.75) is 4.90 Å². The van der Waals surface area contributed by atoms with Crippen molar-refractivity contribution >= 4 is 21.6 Å². The first-order valence-corrected chi connectivity index (χ1v) is 10.3. The van der Waals surface area contributed by atoms with Crippen LogP contribution in [-0.2, 0) is 14.8 Å². The highest BCUT2D eigenvalue weighted by Crippen LogP contribution is 2.19. The SMILES string of the molecule is CN(CC(=O)N1CCN(S(=O)(=O)c2ccc(F)cc2)CC1)c1ccc(F)c(F)c1. The Morgan fingerprint density at radius 1 is 0.966 bits per heavy atom. The fourth-order valence-corrected chi connectivity index (χ4v) is 4.47. The summed E-state index contributed by atoms with van der Waals surface area (Å²) in [4.78, 5) is 15.5. The Morgan fingerprint density at radius 3 is 2.17 bits per heavy atom. The number of carbonyl (C=O) groups is 1. The lowest BCUT2D eigenvalue weighted by molar-refractivity contribution is -0.130. The molecule has 0 spiro atoms. The number of hydrogen-bond acceptors (Lipinski definition) is 4. The van der Waals surface area contributed by atoms with Crippen LogP contribution in [0.15, 0.2) is 47.4 Å². The fraction of sp³-hybridized carbons (Fsp3) is 0.316. The van der Waals surface area contributed by atoms with Crippen LogP contribution < -0.4 is 4.90 Å². The summed E-state index contributed by atoms with van der Waals surface area (Å²) in [6, 6.07) is 7.96. The molecule has 0 aromatic heterocycles. The molecule has 1 fully saturated rings. The molecular weight excluding hydrogens is 407 g/mol. The quantitative estimate of drug-likeness (QED) is 0.733.